The van der Waals surface area contributed by atoms with E-state index < -0.39 is 0 Å². The van der Waals surface area contributed by atoms with E-state index in [1.165, 1.54) is 24.3 Å². The SMILES string of the molecule is Fc1cccc(OCC2Cc3cc(F)ccc3O2)c1. The Morgan fingerprint density at radius 2 is 1.95 bits per heavy atom. The second-order valence-corrected chi connectivity index (χ2v) is 4.46. The molecule has 0 spiro atoms. The second-order valence-electron chi connectivity index (χ2n) is 4.46. The van der Waals surface area contributed by atoms with Crippen LogP contribution in [-0.2, 0) is 6.42 Å². The maximum Gasteiger partial charge on any atom is 0.137 e. The standard InChI is InChI=1S/C15H12F2O2/c16-11-2-1-3-13(8-11)18-9-14-7-10-6-12(17)4-5-15(10)19-14/h1-6,8,14H,7,9H2. The molecule has 0 fully saturated rings. The van der Waals surface area contributed by atoms with Gasteiger partial charge < -0.3 is 9.47 Å². The number of hydrogen-bond donors (Lipinski definition) is 0. The maximum absolute atomic E-state index is 13.1. The lowest BCUT2D eigenvalue weighted by atomic mass is 10.1. The van der Waals surface area contributed by atoms with Gasteiger partial charge >= 0.3 is 0 Å². The molecule has 0 amide bonds. The van der Waals surface area contributed by atoms with Crippen molar-refractivity contribution in [1.82, 2.24) is 0 Å². The van der Waals surface area contributed by atoms with E-state index in [0.717, 1.165) is 5.56 Å². The summed E-state index contributed by atoms with van der Waals surface area (Å²) in [6.07, 6.45) is 0.433. The number of ether oxygens (including phenoxy) is 2. The summed E-state index contributed by atoms with van der Waals surface area (Å²) >= 11 is 0. The lowest BCUT2D eigenvalue weighted by molar-refractivity contribution is 0.148. The third-order valence-electron chi connectivity index (χ3n) is 3.00. The molecule has 1 aliphatic rings. The van der Waals surface area contributed by atoms with E-state index in [2.05, 4.69) is 0 Å². The first-order chi connectivity index (χ1) is 9.20. The summed E-state index contributed by atoms with van der Waals surface area (Å²) in [4.78, 5) is 0. The van der Waals surface area contributed by atoms with Gasteiger partial charge in [0.15, 0.2) is 0 Å². The summed E-state index contributed by atoms with van der Waals surface area (Å²) in [5.41, 5.74) is 0.841. The fraction of sp³-hybridized carbons (Fsp3) is 0.200. The van der Waals surface area contributed by atoms with Gasteiger partial charge in [-0.3, -0.25) is 0 Å². The molecule has 1 unspecified atom stereocenters. The highest BCUT2D eigenvalue weighted by Gasteiger charge is 2.23. The van der Waals surface area contributed by atoms with Crippen LogP contribution >= 0.6 is 0 Å². The first-order valence-corrected chi connectivity index (χ1v) is 6.04. The Balaban J connectivity index is 1.62. The molecule has 3 rings (SSSR count). The molecule has 0 saturated carbocycles. The Morgan fingerprint density at radius 1 is 1.11 bits per heavy atom. The van der Waals surface area contributed by atoms with Gasteiger partial charge in [-0.15, -0.1) is 0 Å². The Labute approximate surface area is 109 Å². The fourth-order valence-corrected chi connectivity index (χ4v) is 2.13. The van der Waals surface area contributed by atoms with Gasteiger partial charge in [0.25, 0.3) is 0 Å². The van der Waals surface area contributed by atoms with Crippen molar-refractivity contribution in [2.24, 2.45) is 0 Å². The molecule has 0 bridgehead atoms. The minimum atomic E-state index is -0.338. The zero-order valence-electron chi connectivity index (χ0n) is 10.1. The van der Waals surface area contributed by atoms with Crippen molar-refractivity contribution in [3.05, 3.63) is 59.7 Å². The summed E-state index contributed by atoms with van der Waals surface area (Å²) in [5, 5.41) is 0. The minimum Gasteiger partial charge on any atom is -0.490 e. The molecule has 2 nitrogen and oxygen atoms in total. The van der Waals surface area contributed by atoms with Gasteiger partial charge in [0, 0.05) is 18.1 Å². The van der Waals surface area contributed by atoms with Crippen molar-refractivity contribution in [2.75, 3.05) is 6.61 Å². The molecule has 0 aromatic heterocycles. The number of fused-ring (bicyclic) bond motifs is 1. The first kappa shape index (κ1) is 12.0. The topological polar surface area (TPSA) is 18.5 Å². The highest BCUT2D eigenvalue weighted by Crippen LogP contribution is 2.29. The number of rotatable bonds is 3. The molecule has 98 valence electrons. The van der Waals surface area contributed by atoms with Crippen molar-refractivity contribution >= 4 is 0 Å². The average molecular weight is 262 g/mol. The lowest BCUT2D eigenvalue weighted by Gasteiger charge is -2.12. The van der Waals surface area contributed by atoms with Crippen LogP contribution in [0.4, 0.5) is 8.78 Å². The predicted octanol–water partition coefficient (Wildman–Crippen LogP) is 3.35. The molecule has 1 heterocycles. The second kappa shape index (κ2) is 4.88. The van der Waals surface area contributed by atoms with Crippen LogP contribution in [0.15, 0.2) is 42.5 Å². The summed E-state index contributed by atoms with van der Waals surface area (Å²) in [5.74, 6) is 0.546. The van der Waals surface area contributed by atoms with Gasteiger partial charge in [-0.05, 0) is 30.3 Å². The van der Waals surface area contributed by atoms with Crippen LogP contribution in [0.5, 0.6) is 11.5 Å². The molecule has 19 heavy (non-hydrogen) atoms. The molecule has 4 heteroatoms. The summed E-state index contributed by atoms with van der Waals surface area (Å²) in [6, 6.07) is 10.4. The van der Waals surface area contributed by atoms with Crippen LogP contribution < -0.4 is 9.47 Å². The molecular formula is C15H12F2O2. The normalized spacial score (nSPS) is 16.8. The molecule has 2 aromatic rings. The Morgan fingerprint density at radius 3 is 2.79 bits per heavy atom. The van der Waals surface area contributed by atoms with E-state index in [-0.39, 0.29) is 17.7 Å². The molecular weight excluding hydrogens is 250 g/mol. The van der Waals surface area contributed by atoms with Crippen LogP contribution in [0.2, 0.25) is 0 Å². The van der Waals surface area contributed by atoms with E-state index in [9.17, 15) is 8.78 Å². The summed E-state index contributed by atoms with van der Waals surface area (Å²) in [6.45, 7) is 0.305. The smallest absolute Gasteiger partial charge is 0.137 e. The Kier molecular flexibility index (Phi) is 3.07. The van der Waals surface area contributed by atoms with Crippen LogP contribution in [0, 0.1) is 11.6 Å². The first-order valence-electron chi connectivity index (χ1n) is 6.04. The van der Waals surface area contributed by atoms with Crippen molar-refractivity contribution in [3.8, 4) is 11.5 Å². The molecule has 1 aliphatic heterocycles. The van der Waals surface area contributed by atoms with Crippen molar-refractivity contribution in [1.29, 1.82) is 0 Å². The predicted molar refractivity (Wildman–Crippen MR) is 66.4 cm³/mol. The van der Waals surface area contributed by atoms with Crippen LogP contribution in [0.3, 0.4) is 0 Å². The van der Waals surface area contributed by atoms with E-state index in [4.69, 9.17) is 9.47 Å². The highest BCUT2D eigenvalue weighted by molar-refractivity contribution is 5.38. The van der Waals surface area contributed by atoms with Gasteiger partial charge in [0.05, 0.1) is 0 Å². The van der Waals surface area contributed by atoms with Crippen molar-refractivity contribution in [2.45, 2.75) is 12.5 Å². The van der Waals surface area contributed by atoms with Gasteiger partial charge in [-0.2, -0.15) is 0 Å². The molecule has 0 saturated heterocycles. The van der Waals surface area contributed by atoms with E-state index >= 15 is 0 Å². The number of halogens is 2. The van der Waals surface area contributed by atoms with Gasteiger partial charge in [-0.25, -0.2) is 8.78 Å². The van der Waals surface area contributed by atoms with E-state index in [1.54, 1.807) is 18.2 Å². The van der Waals surface area contributed by atoms with Gasteiger partial charge in [0.1, 0.15) is 35.8 Å². The quantitative estimate of drug-likeness (QED) is 0.844. The average Bonchev–Trinajstić information content (AvgIpc) is 2.78. The Bertz CT molecular complexity index is 598. The van der Waals surface area contributed by atoms with E-state index in [1.807, 2.05) is 0 Å². The van der Waals surface area contributed by atoms with Gasteiger partial charge in [-0.1, -0.05) is 6.07 Å². The summed E-state index contributed by atoms with van der Waals surface area (Å²) < 4.78 is 37.1. The minimum absolute atomic E-state index is 0.167. The zero-order valence-corrected chi connectivity index (χ0v) is 10.1. The zero-order chi connectivity index (χ0) is 13.2. The molecule has 0 radical (unpaired) electrons. The van der Waals surface area contributed by atoms with E-state index in [0.29, 0.717) is 24.5 Å². The number of benzene rings is 2. The maximum atomic E-state index is 13.1. The van der Waals surface area contributed by atoms with Crippen LogP contribution in [0.25, 0.3) is 0 Å². The fourth-order valence-electron chi connectivity index (χ4n) is 2.13. The third-order valence-corrected chi connectivity index (χ3v) is 3.00. The monoisotopic (exact) mass is 262 g/mol. The largest absolute Gasteiger partial charge is 0.490 e. The number of hydrogen-bond acceptors (Lipinski definition) is 2. The Hall–Kier alpha value is -2.10. The van der Waals surface area contributed by atoms with Crippen LogP contribution in [0.1, 0.15) is 5.56 Å². The van der Waals surface area contributed by atoms with Crippen LogP contribution in [-0.4, -0.2) is 12.7 Å². The van der Waals surface area contributed by atoms with Crippen molar-refractivity contribution < 1.29 is 18.3 Å². The molecule has 1 atom stereocenters. The lowest BCUT2D eigenvalue weighted by Crippen LogP contribution is -2.22. The third kappa shape index (κ3) is 2.67. The molecule has 0 N–H and O–H groups in total. The van der Waals surface area contributed by atoms with Gasteiger partial charge in [0.2, 0.25) is 0 Å². The summed E-state index contributed by atoms with van der Waals surface area (Å²) in [7, 11) is 0. The molecule has 0 aliphatic carbocycles. The van der Waals surface area contributed by atoms with Crippen molar-refractivity contribution in [3.63, 3.8) is 0 Å². The molecule has 2 aromatic carbocycles. The highest BCUT2D eigenvalue weighted by atomic mass is 19.1.